The summed E-state index contributed by atoms with van der Waals surface area (Å²) in [6.07, 6.45) is 1.68. The monoisotopic (exact) mass is 252 g/mol. The van der Waals surface area contributed by atoms with Crippen molar-refractivity contribution in [3.05, 3.63) is 11.8 Å². The Labute approximate surface area is 110 Å². The maximum Gasteiger partial charge on any atom is 0.206 e. The zero-order valence-electron chi connectivity index (χ0n) is 12.5. The van der Waals surface area contributed by atoms with Gasteiger partial charge in [0, 0.05) is 11.0 Å². The molecule has 18 heavy (non-hydrogen) atoms. The van der Waals surface area contributed by atoms with Crippen molar-refractivity contribution in [2.24, 2.45) is 10.8 Å². The summed E-state index contributed by atoms with van der Waals surface area (Å²) in [5.41, 5.74) is -1.06. The first-order valence-corrected chi connectivity index (χ1v) is 6.34. The maximum atomic E-state index is 12.7. The molecule has 0 aliphatic carbocycles. The average molecular weight is 252 g/mol. The SMILES string of the molecule is CC(=O)CC1(C(C)(C)C)OC=C(C(C)(C)C)C1=O. The van der Waals surface area contributed by atoms with Crippen LogP contribution in [0.25, 0.3) is 0 Å². The molecule has 1 unspecified atom stereocenters. The highest BCUT2D eigenvalue weighted by Crippen LogP contribution is 2.46. The van der Waals surface area contributed by atoms with Crippen LogP contribution in [-0.2, 0) is 14.3 Å². The molecule has 1 atom stereocenters. The highest BCUT2D eigenvalue weighted by molar-refractivity contribution is 6.07. The van der Waals surface area contributed by atoms with E-state index in [1.807, 2.05) is 41.5 Å². The summed E-state index contributed by atoms with van der Waals surface area (Å²) in [7, 11) is 0. The van der Waals surface area contributed by atoms with Crippen LogP contribution < -0.4 is 0 Å². The molecule has 1 aliphatic rings. The van der Waals surface area contributed by atoms with Crippen LogP contribution in [0.4, 0.5) is 0 Å². The van der Waals surface area contributed by atoms with Crippen molar-refractivity contribution < 1.29 is 14.3 Å². The predicted octanol–water partition coefficient (Wildman–Crippen LogP) is 3.28. The Morgan fingerprint density at radius 1 is 1.22 bits per heavy atom. The first kappa shape index (κ1) is 14.9. The third kappa shape index (κ3) is 2.36. The summed E-state index contributed by atoms with van der Waals surface area (Å²) in [5.74, 6) is -0.0699. The van der Waals surface area contributed by atoms with E-state index < -0.39 is 11.0 Å². The predicted molar refractivity (Wildman–Crippen MR) is 71.1 cm³/mol. The average Bonchev–Trinajstić information content (AvgIpc) is 2.41. The highest BCUT2D eigenvalue weighted by Gasteiger charge is 2.56. The van der Waals surface area contributed by atoms with Crippen molar-refractivity contribution in [1.82, 2.24) is 0 Å². The van der Waals surface area contributed by atoms with Gasteiger partial charge in [-0.2, -0.15) is 0 Å². The number of ketones is 2. The maximum absolute atomic E-state index is 12.7. The Morgan fingerprint density at radius 3 is 2.00 bits per heavy atom. The molecule has 1 aliphatic heterocycles. The van der Waals surface area contributed by atoms with E-state index in [-0.39, 0.29) is 23.4 Å². The molecular weight excluding hydrogens is 228 g/mol. The second-order valence-electron chi connectivity index (χ2n) is 7.18. The van der Waals surface area contributed by atoms with Crippen molar-refractivity contribution in [1.29, 1.82) is 0 Å². The van der Waals surface area contributed by atoms with Gasteiger partial charge in [-0.3, -0.25) is 9.59 Å². The summed E-state index contributed by atoms with van der Waals surface area (Å²) in [6, 6.07) is 0. The van der Waals surface area contributed by atoms with Gasteiger partial charge in [0.1, 0.15) is 5.78 Å². The van der Waals surface area contributed by atoms with Gasteiger partial charge in [0.05, 0.1) is 12.7 Å². The first-order chi connectivity index (χ1) is 7.92. The standard InChI is InChI=1S/C15H24O3/c1-10(16)8-15(14(5,6)7)12(17)11(9-18-15)13(2,3)4/h9H,8H2,1-7H3. The molecule has 102 valence electrons. The molecule has 3 nitrogen and oxygen atoms in total. The zero-order chi connectivity index (χ0) is 14.4. The molecule has 1 rings (SSSR count). The van der Waals surface area contributed by atoms with Gasteiger partial charge in [-0.25, -0.2) is 0 Å². The molecule has 0 aromatic rings. The fourth-order valence-corrected chi connectivity index (χ4v) is 2.26. The minimum atomic E-state index is -1.04. The van der Waals surface area contributed by atoms with Crippen LogP contribution in [0.5, 0.6) is 0 Å². The Kier molecular flexibility index (Phi) is 3.50. The second-order valence-corrected chi connectivity index (χ2v) is 7.18. The van der Waals surface area contributed by atoms with E-state index >= 15 is 0 Å². The van der Waals surface area contributed by atoms with Crippen molar-refractivity contribution in [2.45, 2.75) is 60.5 Å². The van der Waals surface area contributed by atoms with Gasteiger partial charge in [0.25, 0.3) is 0 Å². The van der Waals surface area contributed by atoms with Crippen LogP contribution in [0.3, 0.4) is 0 Å². The summed E-state index contributed by atoms with van der Waals surface area (Å²) < 4.78 is 5.73. The van der Waals surface area contributed by atoms with E-state index in [1.54, 1.807) is 6.26 Å². The van der Waals surface area contributed by atoms with Crippen molar-refractivity contribution in [3.8, 4) is 0 Å². The van der Waals surface area contributed by atoms with Gasteiger partial charge >= 0.3 is 0 Å². The lowest BCUT2D eigenvalue weighted by atomic mass is 9.68. The fraction of sp³-hybridized carbons (Fsp3) is 0.733. The number of carbonyl (C=O) groups is 2. The zero-order valence-corrected chi connectivity index (χ0v) is 12.5. The van der Waals surface area contributed by atoms with E-state index in [0.29, 0.717) is 5.57 Å². The summed E-state index contributed by atoms with van der Waals surface area (Å²) >= 11 is 0. The van der Waals surface area contributed by atoms with E-state index in [2.05, 4.69) is 0 Å². The van der Waals surface area contributed by atoms with E-state index in [1.165, 1.54) is 6.92 Å². The lowest BCUT2D eigenvalue weighted by Gasteiger charge is -2.39. The fourth-order valence-electron chi connectivity index (χ4n) is 2.26. The molecule has 0 N–H and O–H groups in total. The minimum Gasteiger partial charge on any atom is -0.485 e. The lowest BCUT2D eigenvalue weighted by molar-refractivity contribution is -0.148. The Bertz CT molecular complexity index is 404. The van der Waals surface area contributed by atoms with Crippen LogP contribution in [0.15, 0.2) is 11.8 Å². The van der Waals surface area contributed by atoms with E-state index in [9.17, 15) is 9.59 Å². The molecule has 1 heterocycles. The molecule has 0 fully saturated rings. The van der Waals surface area contributed by atoms with Crippen LogP contribution in [0, 0.1) is 10.8 Å². The molecule has 0 saturated heterocycles. The minimum absolute atomic E-state index is 0.0261. The Hall–Kier alpha value is -1.12. The second kappa shape index (κ2) is 4.22. The van der Waals surface area contributed by atoms with Crippen LogP contribution in [-0.4, -0.2) is 17.2 Å². The quantitative estimate of drug-likeness (QED) is 0.757. The third-order valence-corrected chi connectivity index (χ3v) is 3.51. The van der Waals surface area contributed by atoms with Crippen LogP contribution in [0.1, 0.15) is 54.9 Å². The molecule has 3 heteroatoms. The third-order valence-electron chi connectivity index (χ3n) is 3.51. The molecule has 0 aromatic heterocycles. The summed E-state index contributed by atoms with van der Waals surface area (Å²) in [5, 5.41) is 0. The Balaban J connectivity index is 3.22. The van der Waals surface area contributed by atoms with Gasteiger partial charge in [-0.1, -0.05) is 41.5 Å². The number of hydrogen-bond acceptors (Lipinski definition) is 3. The number of ether oxygens (including phenoxy) is 1. The lowest BCUT2D eigenvalue weighted by Crippen LogP contribution is -2.51. The van der Waals surface area contributed by atoms with E-state index in [4.69, 9.17) is 4.74 Å². The number of rotatable bonds is 2. The van der Waals surface area contributed by atoms with E-state index in [0.717, 1.165) is 0 Å². The highest BCUT2D eigenvalue weighted by atomic mass is 16.5. The van der Waals surface area contributed by atoms with Gasteiger partial charge in [0.2, 0.25) is 5.78 Å². The Morgan fingerprint density at radius 2 is 1.72 bits per heavy atom. The molecular formula is C15H24O3. The molecule has 0 amide bonds. The van der Waals surface area contributed by atoms with Crippen LogP contribution in [0.2, 0.25) is 0 Å². The molecule has 0 aromatic carbocycles. The van der Waals surface area contributed by atoms with Crippen molar-refractivity contribution in [2.75, 3.05) is 0 Å². The number of hydrogen-bond donors (Lipinski definition) is 0. The summed E-state index contributed by atoms with van der Waals surface area (Å²) in [6.45, 7) is 13.2. The first-order valence-electron chi connectivity index (χ1n) is 6.34. The van der Waals surface area contributed by atoms with Crippen molar-refractivity contribution in [3.63, 3.8) is 0 Å². The van der Waals surface area contributed by atoms with Crippen LogP contribution >= 0.6 is 0 Å². The molecule has 0 radical (unpaired) electrons. The van der Waals surface area contributed by atoms with Gasteiger partial charge in [-0.15, -0.1) is 0 Å². The molecule has 0 saturated carbocycles. The normalized spacial score (nSPS) is 24.8. The van der Waals surface area contributed by atoms with Gasteiger partial charge < -0.3 is 4.74 Å². The molecule has 0 bridgehead atoms. The summed E-state index contributed by atoms with van der Waals surface area (Å²) in [4.78, 5) is 24.2. The number of carbonyl (C=O) groups excluding carboxylic acids is 2. The molecule has 0 spiro atoms. The van der Waals surface area contributed by atoms with Gasteiger partial charge in [-0.05, 0) is 12.3 Å². The van der Waals surface area contributed by atoms with Gasteiger partial charge in [0.15, 0.2) is 5.60 Å². The van der Waals surface area contributed by atoms with Crippen molar-refractivity contribution >= 4 is 11.6 Å². The largest absolute Gasteiger partial charge is 0.485 e. The smallest absolute Gasteiger partial charge is 0.206 e. The number of Topliss-reactive ketones (excluding diaryl/α,β-unsaturated/α-hetero) is 2. The topological polar surface area (TPSA) is 43.4 Å².